The van der Waals surface area contributed by atoms with E-state index < -0.39 is 0 Å². The van der Waals surface area contributed by atoms with Gasteiger partial charge >= 0.3 is 0 Å². The number of pyridine rings is 3. The Balaban J connectivity index is 1.56. The highest BCUT2D eigenvalue weighted by atomic mass is 35.5. The number of halogens is 1. The van der Waals surface area contributed by atoms with Gasteiger partial charge in [0.2, 0.25) is 5.91 Å². The SMILES string of the molecule is CC(C)(C)CNC(=O)C1CCN(c2nc(-c3ccnc(Cl)c3)cc3cnccc23)CC1. The number of piperidine rings is 1. The lowest BCUT2D eigenvalue weighted by Crippen LogP contribution is -2.42. The number of nitrogens with one attached hydrogen (secondary N) is 1. The maximum absolute atomic E-state index is 12.6. The van der Waals surface area contributed by atoms with Gasteiger partial charge in [0.1, 0.15) is 11.0 Å². The van der Waals surface area contributed by atoms with Gasteiger partial charge < -0.3 is 10.2 Å². The molecule has 3 aromatic heterocycles. The van der Waals surface area contributed by atoms with E-state index in [9.17, 15) is 4.79 Å². The Labute approximate surface area is 188 Å². The number of anilines is 1. The van der Waals surface area contributed by atoms with Gasteiger partial charge in [-0.1, -0.05) is 32.4 Å². The molecule has 1 aliphatic heterocycles. The number of rotatable bonds is 4. The molecular formula is C24H28ClN5O. The summed E-state index contributed by atoms with van der Waals surface area (Å²) in [6, 6.07) is 7.76. The second-order valence-corrected chi connectivity index (χ2v) is 9.72. The summed E-state index contributed by atoms with van der Waals surface area (Å²) in [5.41, 5.74) is 1.84. The zero-order chi connectivity index (χ0) is 22.0. The Morgan fingerprint density at radius 2 is 1.97 bits per heavy atom. The van der Waals surface area contributed by atoms with Crippen molar-refractivity contribution in [2.24, 2.45) is 11.3 Å². The summed E-state index contributed by atoms with van der Waals surface area (Å²) in [6.07, 6.45) is 6.97. The van der Waals surface area contributed by atoms with Crippen LogP contribution in [0.2, 0.25) is 5.15 Å². The first kappa shape index (κ1) is 21.5. The van der Waals surface area contributed by atoms with Crippen LogP contribution in [0.1, 0.15) is 33.6 Å². The molecule has 1 saturated heterocycles. The quantitative estimate of drug-likeness (QED) is 0.598. The van der Waals surface area contributed by atoms with E-state index in [0.717, 1.165) is 53.8 Å². The van der Waals surface area contributed by atoms with Crippen LogP contribution in [-0.2, 0) is 4.79 Å². The minimum atomic E-state index is 0.0497. The molecule has 4 rings (SSSR count). The van der Waals surface area contributed by atoms with Crippen LogP contribution in [0.3, 0.4) is 0 Å². The standard InChI is InChI=1S/C24H28ClN5O/c1-24(2,3)15-28-23(31)16-6-10-30(11-7-16)22-19-5-8-26-14-18(19)12-20(29-22)17-4-9-27-21(25)13-17/h4-5,8-9,12-14,16H,6-7,10-11,15H2,1-3H3,(H,28,31). The number of amides is 1. The second-order valence-electron chi connectivity index (χ2n) is 9.33. The molecule has 0 saturated carbocycles. The lowest BCUT2D eigenvalue weighted by atomic mass is 9.93. The molecule has 1 amide bonds. The summed E-state index contributed by atoms with van der Waals surface area (Å²) in [4.78, 5) is 28.2. The largest absolute Gasteiger partial charge is 0.356 e. The van der Waals surface area contributed by atoms with E-state index in [1.807, 2.05) is 30.5 Å². The van der Waals surface area contributed by atoms with E-state index in [4.69, 9.17) is 16.6 Å². The van der Waals surface area contributed by atoms with Gasteiger partial charge in [-0.05, 0) is 42.5 Å². The number of hydrogen-bond acceptors (Lipinski definition) is 5. The predicted molar refractivity (Wildman–Crippen MR) is 125 cm³/mol. The van der Waals surface area contributed by atoms with Crippen molar-refractivity contribution < 1.29 is 4.79 Å². The Hall–Kier alpha value is -2.73. The monoisotopic (exact) mass is 437 g/mol. The van der Waals surface area contributed by atoms with Gasteiger partial charge in [-0.2, -0.15) is 0 Å². The highest BCUT2D eigenvalue weighted by molar-refractivity contribution is 6.29. The molecular weight excluding hydrogens is 410 g/mol. The van der Waals surface area contributed by atoms with Crippen molar-refractivity contribution in [2.45, 2.75) is 33.6 Å². The fourth-order valence-corrected chi connectivity index (χ4v) is 4.05. The lowest BCUT2D eigenvalue weighted by Gasteiger charge is -2.33. The molecule has 7 heteroatoms. The minimum absolute atomic E-state index is 0.0497. The van der Waals surface area contributed by atoms with Crippen molar-refractivity contribution in [3.05, 3.63) is 48.0 Å². The van der Waals surface area contributed by atoms with E-state index in [-0.39, 0.29) is 17.2 Å². The van der Waals surface area contributed by atoms with Gasteiger partial charge in [-0.15, -0.1) is 0 Å². The first-order valence-corrected chi connectivity index (χ1v) is 11.1. The Morgan fingerprint density at radius 3 is 2.68 bits per heavy atom. The van der Waals surface area contributed by atoms with Crippen LogP contribution < -0.4 is 10.2 Å². The van der Waals surface area contributed by atoms with Crippen LogP contribution in [-0.4, -0.2) is 40.5 Å². The molecule has 0 unspecified atom stereocenters. The Morgan fingerprint density at radius 1 is 1.19 bits per heavy atom. The maximum Gasteiger partial charge on any atom is 0.223 e. The predicted octanol–water partition coefficient (Wildman–Crippen LogP) is 4.72. The smallest absolute Gasteiger partial charge is 0.223 e. The highest BCUT2D eigenvalue weighted by Gasteiger charge is 2.27. The van der Waals surface area contributed by atoms with Crippen LogP contribution in [0, 0.1) is 11.3 Å². The topological polar surface area (TPSA) is 71.0 Å². The molecule has 0 aliphatic carbocycles. The van der Waals surface area contributed by atoms with E-state index in [2.05, 4.69) is 41.0 Å². The molecule has 6 nitrogen and oxygen atoms in total. The molecule has 1 fully saturated rings. The zero-order valence-corrected chi connectivity index (χ0v) is 19.0. The number of hydrogen-bond donors (Lipinski definition) is 1. The molecule has 4 heterocycles. The molecule has 3 aromatic rings. The van der Waals surface area contributed by atoms with Gasteiger partial charge in [-0.3, -0.25) is 9.78 Å². The molecule has 0 bridgehead atoms. The summed E-state index contributed by atoms with van der Waals surface area (Å²) in [7, 11) is 0. The first-order valence-electron chi connectivity index (χ1n) is 10.7. The van der Waals surface area contributed by atoms with Crippen molar-refractivity contribution in [3.63, 3.8) is 0 Å². The summed E-state index contributed by atoms with van der Waals surface area (Å²) in [5, 5.41) is 5.64. The molecule has 0 aromatic carbocycles. The van der Waals surface area contributed by atoms with Crippen molar-refractivity contribution in [3.8, 4) is 11.3 Å². The Bertz CT molecular complexity index is 1090. The molecule has 0 atom stereocenters. The molecule has 162 valence electrons. The fraction of sp³-hybridized carbons (Fsp3) is 0.417. The summed E-state index contributed by atoms with van der Waals surface area (Å²) in [5.74, 6) is 1.14. The van der Waals surface area contributed by atoms with Gasteiger partial charge in [-0.25, -0.2) is 9.97 Å². The van der Waals surface area contributed by atoms with E-state index in [1.54, 1.807) is 12.4 Å². The lowest BCUT2D eigenvalue weighted by molar-refractivity contribution is -0.126. The number of nitrogens with zero attached hydrogens (tertiary/aromatic N) is 4. The van der Waals surface area contributed by atoms with Crippen molar-refractivity contribution in [2.75, 3.05) is 24.5 Å². The average Bonchev–Trinajstić information content (AvgIpc) is 2.76. The number of fused-ring (bicyclic) bond motifs is 1. The van der Waals surface area contributed by atoms with Crippen LogP contribution in [0.25, 0.3) is 22.0 Å². The summed E-state index contributed by atoms with van der Waals surface area (Å²) >= 11 is 6.10. The number of carbonyl (C=O) groups is 1. The van der Waals surface area contributed by atoms with E-state index >= 15 is 0 Å². The second kappa shape index (κ2) is 8.79. The molecule has 0 spiro atoms. The van der Waals surface area contributed by atoms with Crippen molar-refractivity contribution in [1.29, 1.82) is 0 Å². The molecule has 0 radical (unpaired) electrons. The van der Waals surface area contributed by atoms with E-state index in [0.29, 0.717) is 11.7 Å². The normalized spacial score (nSPS) is 15.3. The van der Waals surface area contributed by atoms with Gasteiger partial charge in [0.15, 0.2) is 0 Å². The average molecular weight is 438 g/mol. The third-order valence-corrected chi connectivity index (χ3v) is 5.80. The van der Waals surface area contributed by atoms with E-state index in [1.165, 1.54) is 0 Å². The van der Waals surface area contributed by atoms with Crippen LogP contribution in [0.4, 0.5) is 5.82 Å². The molecule has 1 N–H and O–H groups in total. The number of aromatic nitrogens is 3. The van der Waals surface area contributed by atoms with Crippen molar-refractivity contribution >= 4 is 34.1 Å². The van der Waals surface area contributed by atoms with Crippen LogP contribution in [0.15, 0.2) is 42.9 Å². The summed E-state index contributed by atoms with van der Waals surface area (Å²) < 4.78 is 0. The third-order valence-electron chi connectivity index (χ3n) is 5.59. The van der Waals surface area contributed by atoms with Crippen molar-refractivity contribution in [1.82, 2.24) is 20.3 Å². The molecule has 31 heavy (non-hydrogen) atoms. The van der Waals surface area contributed by atoms with Gasteiger partial charge in [0.25, 0.3) is 0 Å². The Kier molecular flexibility index (Phi) is 6.10. The summed E-state index contributed by atoms with van der Waals surface area (Å²) in [6.45, 7) is 8.67. The first-order chi connectivity index (χ1) is 14.8. The third kappa shape index (κ3) is 5.13. The number of carbonyl (C=O) groups excluding carboxylic acids is 1. The molecule has 1 aliphatic rings. The zero-order valence-electron chi connectivity index (χ0n) is 18.2. The van der Waals surface area contributed by atoms with Gasteiger partial charge in [0.05, 0.1) is 5.69 Å². The van der Waals surface area contributed by atoms with Gasteiger partial charge in [0, 0.05) is 60.5 Å². The fourth-order valence-electron chi connectivity index (χ4n) is 3.88. The highest BCUT2D eigenvalue weighted by Crippen LogP contribution is 2.32. The van der Waals surface area contributed by atoms with Crippen LogP contribution >= 0.6 is 11.6 Å². The van der Waals surface area contributed by atoms with Crippen LogP contribution in [0.5, 0.6) is 0 Å². The maximum atomic E-state index is 12.6. The minimum Gasteiger partial charge on any atom is -0.356 e.